The molecule has 1 heterocycles. The Bertz CT molecular complexity index is 277. The number of hydrogen-bond donors (Lipinski definition) is 0. The summed E-state index contributed by atoms with van der Waals surface area (Å²) < 4.78 is 37.4. The summed E-state index contributed by atoms with van der Waals surface area (Å²) in [5.41, 5.74) is 0. The topological polar surface area (TPSA) is 30.3 Å². The van der Waals surface area contributed by atoms with Crippen LogP contribution in [0.1, 0.15) is 12.8 Å². The van der Waals surface area contributed by atoms with E-state index in [1.165, 1.54) is 6.07 Å². The second-order valence-electron chi connectivity index (χ2n) is 4.70. The average molecular weight is 249 g/mol. The molecule has 1 aliphatic rings. The first-order chi connectivity index (χ1) is 7.84. The van der Waals surface area contributed by atoms with Crippen LogP contribution in [0.25, 0.3) is 0 Å². The van der Waals surface area contributed by atoms with Gasteiger partial charge < -0.3 is 9.80 Å². The molecule has 0 aliphatic carbocycles. The largest absolute Gasteiger partial charge is 0.405 e. The van der Waals surface area contributed by atoms with E-state index in [0.29, 0.717) is 0 Å². The van der Waals surface area contributed by atoms with Gasteiger partial charge in [0.25, 0.3) is 0 Å². The Morgan fingerprint density at radius 2 is 1.94 bits per heavy atom. The molecule has 1 unspecified atom stereocenters. The molecule has 1 fully saturated rings. The number of halogens is 3. The molecule has 0 radical (unpaired) electrons. The van der Waals surface area contributed by atoms with Crippen LogP contribution < -0.4 is 0 Å². The summed E-state index contributed by atoms with van der Waals surface area (Å²) in [5.74, 6) is -1.88. The van der Waals surface area contributed by atoms with E-state index in [2.05, 4.69) is 4.90 Å². The van der Waals surface area contributed by atoms with E-state index in [1.807, 2.05) is 7.05 Å². The Labute approximate surface area is 99.8 Å². The van der Waals surface area contributed by atoms with Crippen LogP contribution in [0.4, 0.5) is 13.2 Å². The summed E-state index contributed by atoms with van der Waals surface area (Å²) in [7, 11) is 3.68. The maximum atomic E-state index is 12.5. The van der Waals surface area contributed by atoms with E-state index < -0.39 is 12.1 Å². The van der Waals surface area contributed by atoms with Crippen LogP contribution in [-0.2, 0) is 0 Å². The minimum Gasteiger partial charge on any atom is -0.306 e. The van der Waals surface area contributed by atoms with E-state index in [9.17, 15) is 13.2 Å². The number of likely N-dealkylation sites (tertiary alicyclic amines) is 1. The summed E-state index contributed by atoms with van der Waals surface area (Å²) in [6.07, 6.45) is -2.69. The Balaban J connectivity index is 2.48. The van der Waals surface area contributed by atoms with Gasteiger partial charge in [-0.3, -0.25) is 0 Å². The fourth-order valence-electron chi connectivity index (χ4n) is 2.09. The summed E-state index contributed by atoms with van der Waals surface area (Å²) in [4.78, 5) is 3.84. The molecule has 3 nitrogen and oxygen atoms in total. The van der Waals surface area contributed by atoms with Gasteiger partial charge in [0.2, 0.25) is 0 Å². The molecule has 0 aromatic rings. The lowest BCUT2D eigenvalue weighted by atomic mass is 10.0. The Kier molecular flexibility index (Phi) is 4.78. The first-order valence-corrected chi connectivity index (χ1v) is 5.69. The molecule has 0 saturated carbocycles. The van der Waals surface area contributed by atoms with Crippen LogP contribution in [0.2, 0.25) is 0 Å². The third-order valence-electron chi connectivity index (χ3n) is 3.33. The van der Waals surface area contributed by atoms with Gasteiger partial charge in [0.1, 0.15) is 0 Å². The fourth-order valence-corrected chi connectivity index (χ4v) is 2.09. The van der Waals surface area contributed by atoms with E-state index >= 15 is 0 Å². The fraction of sp³-hybridized carbons (Fsp3) is 0.909. The quantitative estimate of drug-likeness (QED) is 0.763. The minimum absolute atomic E-state index is 0.157. The third kappa shape index (κ3) is 4.17. The number of rotatable bonds is 3. The van der Waals surface area contributed by atoms with E-state index in [1.54, 1.807) is 11.9 Å². The Morgan fingerprint density at radius 3 is 2.35 bits per heavy atom. The third-order valence-corrected chi connectivity index (χ3v) is 3.33. The molecule has 1 rings (SSSR count). The molecule has 0 amide bonds. The monoisotopic (exact) mass is 249 g/mol. The highest BCUT2D eigenvalue weighted by Gasteiger charge is 2.41. The van der Waals surface area contributed by atoms with Crippen LogP contribution >= 0.6 is 0 Å². The first-order valence-electron chi connectivity index (χ1n) is 5.69. The van der Waals surface area contributed by atoms with Gasteiger partial charge in [-0.05, 0) is 40.0 Å². The lowest BCUT2D eigenvalue weighted by molar-refractivity contribution is -0.164. The van der Waals surface area contributed by atoms with Gasteiger partial charge >= 0.3 is 6.18 Å². The second kappa shape index (κ2) is 5.69. The van der Waals surface area contributed by atoms with Crippen LogP contribution in [0.3, 0.4) is 0 Å². The number of hydrogen-bond acceptors (Lipinski definition) is 3. The van der Waals surface area contributed by atoms with E-state index in [0.717, 1.165) is 25.9 Å². The number of alkyl halides is 3. The van der Waals surface area contributed by atoms with Crippen LogP contribution in [0.5, 0.6) is 0 Å². The van der Waals surface area contributed by atoms with Crippen molar-refractivity contribution in [1.29, 1.82) is 5.26 Å². The lowest BCUT2D eigenvalue weighted by Crippen LogP contribution is -2.45. The maximum Gasteiger partial charge on any atom is 0.405 e. The zero-order valence-electron chi connectivity index (χ0n) is 10.2. The van der Waals surface area contributed by atoms with E-state index in [4.69, 9.17) is 5.26 Å². The van der Waals surface area contributed by atoms with Gasteiger partial charge in [-0.15, -0.1) is 0 Å². The first kappa shape index (κ1) is 14.3. The smallest absolute Gasteiger partial charge is 0.306 e. The molecule has 1 atom stereocenters. The lowest BCUT2D eigenvalue weighted by Gasteiger charge is -2.36. The molecule has 6 heteroatoms. The molecule has 0 aromatic carbocycles. The number of piperidine rings is 1. The number of nitriles is 1. The van der Waals surface area contributed by atoms with Gasteiger partial charge in [0.05, 0.1) is 6.07 Å². The summed E-state index contributed by atoms with van der Waals surface area (Å²) in [6.45, 7) is 1.57. The zero-order valence-corrected chi connectivity index (χ0v) is 10.2. The van der Waals surface area contributed by atoms with Crippen molar-refractivity contribution in [3.05, 3.63) is 0 Å². The molecule has 17 heavy (non-hydrogen) atoms. The molecule has 98 valence electrons. The molecule has 0 spiro atoms. The average Bonchev–Trinajstić information content (AvgIpc) is 2.24. The van der Waals surface area contributed by atoms with Gasteiger partial charge in [-0.2, -0.15) is 18.4 Å². The minimum atomic E-state index is -4.42. The molecule has 0 aromatic heterocycles. The Hall–Kier alpha value is -0.800. The highest BCUT2D eigenvalue weighted by molar-refractivity contribution is 4.91. The molecule has 1 saturated heterocycles. The number of nitrogens with zero attached hydrogens (tertiary/aromatic N) is 3. The molecular weight excluding hydrogens is 231 g/mol. The maximum absolute atomic E-state index is 12.5. The zero-order chi connectivity index (χ0) is 13.1. The van der Waals surface area contributed by atoms with Gasteiger partial charge in [-0.1, -0.05) is 0 Å². The summed E-state index contributed by atoms with van der Waals surface area (Å²) >= 11 is 0. The van der Waals surface area contributed by atoms with Crippen molar-refractivity contribution in [2.24, 2.45) is 5.92 Å². The normalized spacial score (nSPS) is 21.5. The molecular formula is C11H18F3N3. The van der Waals surface area contributed by atoms with Crippen molar-refractivity contribution in [1.82, 2.24) is 9.80 Å². The Morgan fingerprint density at radius 1 is 1.41 bits per heavy atom. The second-order valence-corrected chi connectivity index (χ2v) is 4.70. The highest BCUT2D eigenvalue weighted by atomic mass is 19.4. The molecule has 1 aliphatic heterocycles. The standard InChI is InChI=1S/C11H18F3N3/c1-16-5-3-10(4-6-16)17(2)8-9(7-15)11(12,13)14/h9-10H,3-6,8H2,1-2H3. The summed E-state index contributed by atoms with van der Waals surface area (Å²) in [6, 6.07) is 1.50. The van der Waals surface area contributed by atoms with Gasteiger partial charge in [0.15, 0.2) is 5.92 Å². The van der Waals surface area contributed by atoms with Crippen molar-refractivity contribution < 1.29 is 13.2 Å². The van der Waals surface area contributed by atoms with Crippen LogP contribution in [-0.4, -0.2) is 55.7 Å². The van der Waals surface area contributed by atoms with Crippen LogP contribution in [0.15, 0.2) is 0 Å². The van der Waals surface area contributed by atoms with Gasteiger partial charge in [-0.25, -0.2) is 0 Å². The van der Waals surface area contributed by atoms with Crippen LogP contribution in [0, 0.1) is 17.2 Å². The highest BCUT2D eigenvalue weighted by Crippen LogP contribution is 2.27. The summed E-state index contributed by atoms with van der Waals surface area (Å²) in [5, 5.41) is 8.55. The predicted octanol–water partition coefficient (Wildman–Crippen LogP) is 1.71. The molecule has 0 N–H and O–H groups in total. The molecule has 0 bridgehead atoms. The van der Waals surface area contributed by atoms with Crippen molar-refractivity contribution in [3.63, 3.8) is 0 Å². The van der Waals surface area contributed by atoms with Crippen molar-refractivity contribution >= 4 is 0 Å². The van der Waals surface area contributed by atoms with Gasteiger partial charge in [0, 0.05) is 12.6 Å². The predicted molar refractivity (Wildman–Crippen MR) is 58.3 cm³/mol. The van der Waals surface area contributed by atoms with Crippen molar-refractivity contribution in [2.45, 2.75) is 25.1 Å². The SMILES string of the molecule is CN1CCC(N(C)CC(C#N)C(F)(F)F)CC1. The van der Waals surface area contributed by atoms with E-state index in [-0.39, 0.29) is 12.6 Å². The van der Waals surface area contributed by atoms with Crippen molar-refractivity contribution in [3.8, 4) is 6.07 Å². The van der Waals surface area contributed by atoms with Crippen molar-refractivity contribution in [2.75, 3.05) is 33.7 Å².